The van der Waals surface area contributed by atoms with Crippen LogP contribution in [-0.4, -0.2) is 63.0 Å². The normalized spacial score (nSPS) is 19.2. The molecule has 26 heavy (non-hydrogen) atoms. The zero-order valence-corrected chi connectivity index (χ0v) is 16.5. The van der Waals surface area contributed by atoms with Crippen molar-refractivity contribution in [2.45, 2.75) is 33.2 Å². The smallest absolute Gasteiger partial charge is 0.165 e. The molecule has 0 aromatic heterocycles. The molecule has 0 saturated carbocycles. The number of nitrogens with zero attached hydrogens (tertiary/aromatic N) is 1. The molecule has 0 unspecified atom stereocenters. The molecule has 1 aliphatic heterocycles. The second-order valence-electron chi connectivity index (χ2n) is 7.45. The second-order valence-corrected chi connectivity index (χ2v) is 7.45. The molecule has 1 saturated heterocycles. The fraction of sp³-hybridized carbons (Fsp3) is 0.667. The number of benzene rings is 1. The largest absolute Gasteiger partial charge is 0.315 e. The minimum absolute atomic E-state index is 0.0537. The third-order valence-corrected chi connectivity index (χ3v) is 4.79. The molecule has 0 aliphatic carbocycles. The fourth-order valence-electron chi connectivity index (χ4n) is 3.19. The average molecular weight is 361 g/mol. The zero-order chi connectivity index (χ0) is 18.6. The Morgan fingerprint density at radius 1 is 0.885 bits per heavy atom. The molecule has 1 heterocycles. The number of rotatable bonds is 4. The summed E-state index contributed by atoms with van der Waals surface area (Å²) in [7, 11) is 0. The molecule has 1 aliphatic rings. The molecule has 0 atom stereocenters. The second kappa shape index (κ2) is 12.2. The molecule has 1 fully saturated rings. The van der Waals surface area contributed by atoms with Crippen LogP contribution in [0.5, 0.6) is 0 Å². The lowest BCUT2D eigenvalue weighted by Gasteiger charge is -2.23. The van der Waals surface area contributed by atoms with Gasteiger partial charge in [-0.3, -0.25) is 9.69 Å². The van der Waals surface area contributed by atoms with Gasteiger partial charge in [-0.25, -0.2) is 0 Å². The molecule has 1 aromatic carbocycles. The topological polar surface area (TPSA) is 56.4 Å². The summed E-state index contributed by atoms with van der Waals surface area (Å²) in [5.41, 5.74) is 2.10. The van der Waals surface area contributed by atoms with E-state index in [0.717, 1.165) is 70.9 Å². The van der Waals surface area contributed by atoms with Crippen LogP contribution >= 0.6 is 0 Å². The molecule has 0 amide bonds. The predicted octanol–water partition coefficient (Wildman–Crippen LogP) is 1.89. The Labute approximate surface area is 158 Å². The van der Waals surface area contributed by atoms with Crippen LogP contribution < -0.4 is 16.0 Å². The molecule has 1 aromatic rings. The van der Waals surface area contributed by atoms with Crippen molar-refractivity contribution in [3.05, 3.63) is 35.4 Å². The molecule has 0 bridgehead atoms. The number of carbonyl (C=O) groups is 1. The standard InChI is InChI=1S/C21H36N4O/c1-18(2)21(26)20-7-5-19(6-8-20)17-25-15-4-11-23-13-12-22-9-3-10-24-14-16-25/h5-8,18,22-24H,3-4,9-17H2,1-2H3. The Morgan fingerprint density at radius 3 is 2.15 bits per heavy atom. The maximum absolute atomic E-state index is 12.1. The first-order chi connectivity index (χ1) is 12.7. The first kappa shape index (κ1) is 21.0. The van der Waals surface area contributed by atoms with E-state index in [-0.39, 0.29) is 11.7 Å². The van der Waals surface area contributed by atoms with Crippen molar-refractivity contribution in [2.24, 2.45) is 5.92 Å². The van der Waals surface area contributed by atoms with Gasteiger partial charge < -0.3 is 16.0 Å². The fourth-order valence-corrected chi connectivity index (χ4v) is 3.19. The molecular formula is C21H36N4O. The maximum Gasteiger partial charge on any atom is 0.165 e. The first-order valence-corrected chi connectivity index (χ1v) is 10.1. The molecule has 5 nitrogen and oxygen atoms in total. The zero-order valence-electron chi connectivity index (χ0n) is 16.5. The number of ketones is 1. The quantitative estimate of drug-likeness (QED) is 0.716. The number of hydrogen-bond donors (Lipinski definition) is 3. The summed E-state index contributed by atoms with van der Waals surface area (Å²) in [5.74, 6) is 0.276. The lowest BCUT2D eigenvalue weighted by molar-refractivity contribution is 0.0939. The van der Waals surface area contributed by atoms with E-state index in [2.05, 4.69) is 33.0 Å². The van der Waals surface area contributed by atoms with Gasteiger partial charge in [0, 0.05) is 44.2 Å². The van der Waals surface area contributed by atoms with Crippen molar-refractivity contribution >= 4 is 5.78 Å². The van der Waals surface area contributed by atoms with Crippen molar-refractivity contribution in [2.75, 3.05) is 52.4 Å². The van der Waals surface area contributed by atoms with Crippen molar-refractivity contribution < 1.29 is 4.79 Å². The summed E-state index contributed by atoms with van der Waals surface area (Å²) in [6.07, 6.45) is 2.33. The summed E-state index contributed by atoms with van der Waals surface area (Å²) >= 11 is 0. The minimum Gasteiger partial charge on any atom is -0.315 e. The van der Waals surface area contributed by atoms with E-state index in [0.29, 0.717) is 0 Å². The first-order valence-electron chi connectivity index (χ1n) is 10.1. The van der Waals surface area contributed by atoms with Gasteiger partial charge in [0.05, 0.1) is 0 Å². The number of nitrogens with one attached hydrogen (secondary N) is 3. The van der Waals surface area contributed by atoms with E-state index in [1.807, 2.05) is 26.0 Å². The predicted molar refractivity (Wildman–Crippen MR) is 109 cm³/mol. The van der Waals surface area contributed by atoms with Gasteiger partial charge in [-0.15, -0.1) is 0 Å². The highest BCUT2D eigenvalue weighted by atomic mass is 16.1. The summed E-state index contributed by atoms with van der Waals surface area (Å²) < 4.78 is 0. The third kappa shape index (κ3) is 7.96. The molecule has 2 rings (SSSR count). The third-order valence-electron chi connectivity index (χ3n) is 4.79. The highest BCUT2D eigenvalue weighted by Gasteiger charge is 2.11. The Bertz CT molecular complexity index is 501. The summed E-state index contributed by atoms with van der Waals surface area (Å²) in [6, 6.07) is 8.18. The van der Waals surface area contributed by atoms with Gasteiger partial charge >= 0.3 is 0 Å². The monoisotopic (exact) mass is 360 g/mol. The lowest BCUT2D eigenvalue weighted by Crippen LogP contribution is -2.36. The SMILES string of the molecule is CC(C)C(=O)c1ccc(CN2CCCNCCNCCCNCC2)cc1. The van der Waals surface area contributed by atoms with Gasteiger partial charge in [-0.1, -0.05) is 38.1 Å². The Morgan fingerprint density at radius 2 is 1.50 bits per heavy atom. The van der Waals surface area contributed by atoms with Gasteiger partial charge in [0.1, 0.15) is 0 Å². The van der Waals surface area contributed by atoms with E-state index in [1.165, 1.54) is 12.0 Å². The number of hydrogen-bond acceptors (Lipinski definition) is 5. The Hall–Kier alpha value is -1.27. The van der Waals surface area contributed by atoms with E-state index < -0.39 is 0 Å². The van der Waals surface area contributed by atoms with Gasteiger partial charge in [0.15, 0.2) is 5.78 Å². The van der Waals surface area contributed by atoms with Crippen LogP contribution in [0.15, 0.2) is 24.3 Å². The maximum atomic E-state index is 12.1. The number of carbonyl (C=O) groups excluding carboxylic acids is 1. The van der Waals surface area contributed by atoms with Crippen LogP contribution in [0, 0.1) is 5.92 Å². The van der Waals surface area contributed by atoms with Crippen molar-refractivity contribution in [1.82, 2.24) is 20.9 Å². The summed E-state index contributed by atoms with van der Waals surface area (Å²) in [4.78, 5) is 14.6. The van der Waals surface area contributed by atoms with Crippen LogP contribution in [0.4, 0.5) is 0 Å². The average Bonchev–Trinajstić information content (AvgIpc) is 2.64. The summed E-state index contributed by atoms with van der Waals surface area (Å²) in [5, 5.41) is 10.5. The van der Waals surface area contributed by atoms with Gasteiger partial charge in [0.2, 0.25) is 0 Å². The van der Waals surface area contributed by atoms with E-state index in [9.17, 15) is 4.79 Å². The van der Waals surface area contributed by atoms with Crippen molar-refractivity contribution in [3.63, 3.8) is 0 Å². The van der Waals surface area contributed by atoms with Crippen molar-refractivity contribution in [3.8, 4) is 0 Å². The molecule has 0 spiro atoms. The highest BCUT2D eigenvalue weighted by molar-refractivity contribution is 5.97. The van der Waals surface area contributed by atoms with Gasteiger partial charge in [0.25, 0.3) is 0 Å². The van der Waals surface area contributed by atoms with Gasteiger partial charge in [-0.05, 0) is 44.6 Å². The van der Waals surface area contributed by atoms with Crippen LogP contribution in [0.2, 0.25) is 0 Å². The highest BCUT2D eigenvalue weighted by Crippen LogP contribution is 2.12. The van der Waals surface area contributed by atoms with Gasteiger partial charge in [-0.2, -0.15) is 0 Å². The van der Waals surface area contributed by atoms with E-state index in [1.54, 1.807) is 0 Å². The molecular weight excluding hydrogens is 324 g/mol. The number of Topliss-reactive ketones (excluding diaryl/α,β-unsaturated/α-hetero) is 1. The van der Waals surface area contributed by atoms with E-state index >= 15 is 0 Å². The van der Waals surface area contributed by atoms with Crippen LogP contribution in [0.25, 0.3) is 0 Å². The Balaban J connectivity index is 1.87. The molecule has 5 heteroatoms. The minimum atomic E-state index is 0.0537. The lowest BCUT2D eigenvalue weighted by atomic mass is 10.00. The molecule has 0 radical (unpaired) electrons. The molecule has 146 valence electrons. The van der Waals surface area contributed by atoms with Crippen molar-refractivity contribution in [1.29, 1.82) is 0 Å². The summed E-state index contributed by atoms with van der Waals surface area (Å²) in [6.45, 7) is 13.3. The van der Waals surface area contributed by atoms with Crippen LogP contribution in [-0.2, 0) is 6.54 Å². The Kier molecular flexibility index (Phi) is 9.85. The van der Waals surface area contributed by atoms with E-state index in [4.69, 9.17) is 0 Å². The van der Waals surface area contributed by atoms with Crippen LogP contribution in [0.3, 0.4) is 0 Å². The van der Waals surface area contributed by atoms with Crippen LogP contribution in [0.1, 0.15) is 42.6 Å². The molecule has 3 N–H and O–H groups in total.